The minimum Gasteiger partial charge on any atom is -0.369 e. The van der Waals surface area contributed by atoms with E-state index in [4.69, 9.17) is 5.73 Å². The molecular weight excluding hydrogens is 218 g/mol. The Labute approximate surface area is 98.8 Å². The SMILES string of the molecule is CCCNC(=O)Cn1c(N)nc2cccnc21. The molecule has 0 saturated carbocycles. The van der Waals surface area contributed by atoms with Crippen LogP contribution in [0.2, 0.25) is 0 Å². The summed E-state index contributed by atoms with van der Waals surface area (Å²) in [5, 5.41) is 2.79. The summed E-state index contributed by atoms with van der Waals surface area (Å²) >= 11 is 0. The van der Waals surface area contributed by atoms with Crippen molar-refractivity contribution in [3.63, 3.8) is 0 Å². The van der Waals surface area contributed by atoms with Gasteiger partial charge in [-0.05, 0) is 18.6 Å². The number of anilines is 1. The van der Waals surface area contributed by atoms with E-state index < -0.39 is 0 Å². The molecule has 0 fully saturated rings. The second kappa shape index (κ2) is 4.82. The number of nitrogen functional groups attached to an aromatic ring is 1. The van der Waals surface area contributed by atoms with Gasteiger partial charge in [0.05, 0.1) is 0 Å². The molecule has 0 atom stereocenters. The van der Waals surface area contributed by atoms with E-state index in [9.17, 15) is 4.79 Å². The summed E-state index contributed by atoms with van der Waals surface area (Å²) in [5.74, 6) is 0.230. The van der Waals surface area contributed by atoms with Crippen LogP contribution in [0.1, 0.15) is 13.3 Å². The van der Waals surface area contributed by atoms with Crippen molar-refractivity contribution in [2.24, 2.45) is 0 Å². The van der Waals surface area contributed by atoms with Gasteiger partial charge in [-0.2, -0.15) is 0 Å². The number of rotatable bonds is 4. The van der Waals surface area contributed by atoms with Gasteiger partial charge in [-0.15, -0.1) is 0 Å². The van der Waals surface area contributed by atoms with Gasteiger partial charge in [0.25, 0.3) is 0 Å². The van der Waals surface area contributed by atoms with E-state index in [2.05, 4.69) is 15.3 Å². The van der Waals surface area contributed by atoms with Gasteiger partial charge in [-0.25, -0.2) is 9.97 Å². The maximum atomic E-state index is 11.6. The Morgan fingerprint density at radius 3 is 3.18 bits per heavy atom. The van der Waals surface area contributed by atoms with Gasteiger partial charge in [0, 0.05) is 12.7 Å². The monoisotopic (exact) mass is 233 g/mol. The van der Waals surface area contributed by atoms with E-state index in [1.165, 1.54) is 0 Å². The van der Waals surface area contributed by atoms with Gasteiger partial charge < -0.3 is 11.1 Å². The largest absolute Gasteiger partial charge is 0.369 e. The molecule has 0 spiro atoms. The first-order chi connectivity index (χ1) is 8.22. The predicted octanol–water partition coefficient (Wildman–Crippen LogP) is 0.540. The number of hydrogen-bond acceptors (Lipinski definition) is 4. The first-order valence-corrected chi connectivity index (χ1v) is 5.55. The standard InChI is InChI=1S/C11H15N5O/c1-2-5-13-9(17)7-16-10-8(15-11(16)12)4-3-6-14-10/h3-4,6H,2,5,7H2,1H3,(H2,12,15)(H,13,17). The molecule has 0 bridgehead atoms. The second-order valence-electron chi connectivity index (χ2n) is 3.75. The maximum Gasteiger partial charge on any atom is 0.240 e. The van der Waals surface area contributed by atoms with E-state index >= 15 is 0 Å². The molecule has 0 aliphatic heterocycles. The third kappa shape index (κ3) is 2.35. The highest BCUT2D eigenvalue weighted by Crippen LogP contribution is 2.14. The Morgan fingerprint density at radius 1 is 1.59 bits per heavy atom. The molecule has 0 aromatic carbocycles. The third-order valence-electron chi connectivity index (χ3n) is 2.41. The molecule has 2 heterocycles. The normalized spacial score (nSPS) is 10.6. The molecule has 1 amide bonds. The minimum atomic E-state index is -0.0801. The van der Waals surface area contributed by atoms with Crippen LogP contribution in [0.4, 0.5) is 5.95 Å². The zero-order chi connectivity index (χ0) is 12.3. The van der Waals surface area contributed by atoms with Crippen molar-refractivity contribution in [1.29, 1.82) is 0 Å². The molecule has 2 rings (SSSR count). The molecule has 6 heteroatoms. The average molecular weight is 233 g/mol. The smallest absolute Gasteiger partial charge is 0.240 e. The number of nitrogens with one attached hydrogen (secondary N) is 1. The Bertz CT molecular complexity index is 534. The lowest BCUT2D eigenvalue weighted by Gasteiger charge is -2.06. The average Bonchev–Trinajstić information content (AvgIpc) is 2.64. The predicted molar refractivity (Wildman–Crippen MR) is 65.2 cm³/mol. The Kier molecular flexibility index (Phi) is 3.22. The molecule has 0 aliphatic rings. The van der Waals surface area contributed by atoms with E-state index in [0.29, 0.717) is 23.7 Å². The lowest BCUT2D eigenvalue weighted by Crippen LogP contribution is -2.28. The quantitative estimate of drug-likeness (QED) is 0.807. The number of hydrogen-bond donors (Lipinski definition) is 2. The molecule has 3 N–H and O–H groups in total. The maximum absolute atomic E-state index is 11.6. The van der Waals surface area contributed by atoms with Crippen LogP contribution in [0.15, 0.2) is 18.3 Å². The highest BCUT2D eigenvalue weighted by molar-refractivity contribution is 5.80. The van der Waals surface area contributed by atoms with Gasteiger partial charge in [0.1, 0.15) is 12.1 Å². The summed E-state index contributed by atoms with van der Waals surface area (Å²) in [7, 11) is 0. The van der Waals surface area contributed by atoms with E-state index in [-0.39, 0.29) is 12.5 Å². The Morgan fingerprint density at radius 2 is 2.41 bits per heavy atom. The van der Waals surface area contributed by atoms with Crippen LogP contribution in [0.3, 0.4) is 0 Å². The molecule has 0 radical (unpaired) electrons. The number of nitrogens with zero attached hydrogens (tertiary/aromatic N) is 3. The summed E-state index contributed by atoms with van der Waals surface area (Å²) < 4.78 is 1.61. The molecule has 6 nitrogen and oxygen atoms in total. The fourth-order valence-corrected chi connectivity index (χ4v) is 1.60. The van der Waals surface area contributed by atoms with Crippen molar-refractivity contribution < 1.29 is 4.79 Å². The topological polar surface area (TPSA) is 85.8 Å². The lowest BCUT2D eigenvalue weighted by molar-refractivity contribution is -0.121. The molecule has 90 valence electrons. The number of imidazole rings is 1. The summed E-state index contributed by atoms with van der Waals surface area (Å²) in [6.45, 7) is 2.82. The van der Waals surface area contributed by atoms with E-state index in [1.54, 1.807) is 16.8 Å². The van der Waals surface area contributed by atoms with Crippen molar-refractivity contribution in [2.45, 2.75) is 19.9 Å². The Balaban J connectivity index is 2.23. The first-order valence-electron chi connectivity index (χ1n) is 5.55. The number of nitrogens with two attached hydrogens (primary N) is 1. The van der Waals surface area contributed by atoms with Gasteiger partial charge in [0.2, 0.25) is 11.9 Å². The number of carbonyl (C=O) groups is 1. The van der Waals surface area contributed by atoms with Crippen LogP contribution < -0.4 is 11.1 Å². The zero-order valence-electron chi connectivity index (χ0n) is 9.68. The molecule has 2 aromatic heterocycles. The van der Waals surface area contributed by atoms with E-state index in [0.717, 1.165) is 6.42 Å². The molecule has 0 unspecified atom stereocenters. The lowest BCUT2D eigenvalue weighted by atomic mass is 10.4. The summed E-state index contributed by atoms with van der Waals surface area (Å²) in [6.07, 6.45) is 2.56. The van der Waals surface area contributed by atoms with Crippen molar-refractivity contribution in [3.05, 3.63) is 18.3 Å². The number of aromatic nitrogens is 3. The van der Waals surface area contributed by atoms with Crippen molar-refractivity contribution in [2.75, 3.05) is 12.3 Å². The third-order valence-corrected chi connectivity index (χ3v) is 2.41. The molecule has 17 heavy (non-hydrogen) atoms. The highest BCUT2D eigenvalue weighted by Gasteiger charge is 2.11. The fourth-order valence-electron chi connectivity index (χ4n) is 1.60. The van der Waals surface area contributed by atoms with Gasteiger partial charge in [0.15, 0.2) is 5.65 Å². The van der Waals surface area contributed by atoms with Crippen LogP contribution in [0.25, 0.3) is 11.2 Å². The van der Waals surface area contributed by atoms with Gasteiger partial charge >= 0.3 is 0 Å². The summed E-state index contributed by atoms with van der Waals surface area (Å²) in [5.41, 5.74) is 7.10. The number of amides is 1. The number of carbonyl (C=O) groups excluding carboxylic acids is 1. The molecule has 2 aromatic rings. The number of pyridine rings is 1. The van der Waals surface area contributed by atoms with Gasteiger partial charge in [-0.1, -0.05) is 6.92 Å². The van der Waals surface area contributed by atoms with Crippen LogP contribution in [-0.4, -0.2) is 27.0 Å². The van der Waals surface area contributed by atoms with Crippen molar-refractivity contribution in [1.82, 2.24) is 19.9 Å². The molecule has 0 aliphatic carbocycles. The van der Waals surface area contributed by atoms with Crippen molar-refractivity contribution in [3.8, 4) is 0 Å². The molecule has 0 saturated heterocycles. The van der Waals surface area contributed by atoms with E-state index in [1.807, 2.05) is 13.0 Å². The summed E-state index contributed by atoms with van der Waals surface area (Å²) in [6, 6.07) is 3.61. The van der Waals surface area contributed by atoms with Crippen LogP contribution in [0.5, 0.6) is 0 Å². The van der Waals surface area contributed by atoms with Crippen molar-refractivity contribution >= 4 is 23.0 Å². The summed E-state index contributed by atoms with van der Waals surface area (Å²) in [4.78, 5) is 19.9. The van der Waals surface area contributed by atoms with Crippen LogP contribution >= 0.6 is 0 Å². The fraction of sp³-hybridized carbons (Fsp3) is 0.364. The second-order valence-corrected chi connectivity index (χ2v) is 3.75. The number of fused-ring (bicyclic) bond motifs is 1. The zero-order valence-corrected chi connectivity index (χ0v) is 9.68. The molecular formula is C11H15N5O. The first kappa shape index (κ1) is 11.4. The van der Waals surface area contributed by atoms with Crippen LogP contribution in [0, 0.1) is 0 Å². The van der Waals surface area contributed by atoms with Crippen LogP contribution in [-0.2, 0) is 11.3 Å². The Hall–Kier alpha value is -2.11. The minimum absolute atomic E-state index is 0.0801. The van der Waals surface area contributed by atoms with Gasteiger partial charge in [-0.3, -0.25) is 9.36 Å². The highest BCUT2D eigenvalue weighted by atomic mass is 16.1.